The first-order valence-corrected chi connectivity index (χ1v) is 5.71. The van der Waals surface area contributed by atoms with Crippen LogP contribution in [0.5, 0.6) is 0 Å². The Morgan fingerprint density at radius 2 is 1.79 bits per heavy atom. The number of hydrogen-bond donors (Lipinski definition) is 3. The minimum absolute atomic E-state index is 0.0603. The molecule has 5 nitrogen and oxygen atoms in total. The highest BCUT2D eigenvalue weighted by Gasteiger charge is 2.35. The SMILES string of the molecule is CNc1cc(NC(C)(C)CCO)nc(C(F)(F)F)n1. The molecule has 1 aromatic heterocycles. The number of aliphatic hydroxyl groups is 1. The molecule has 0 unspecified atom stereocenters. The summed E-state index contributed by atoms with van der Waals surface area (Å²) in [6.07, 6.45) is -4.22. The molecule has 0 aromatic carbocycles. The van der Waals surface area contributed by atoms with Crippen LogP contribution in [-0.4, -0.2) is 34.3 Å². The topological polar surface area (TPSA) is 70.1 Å². The molecule has 0 amide bonds. The molecule has 0 saturated carbocycles. The third kappa shape index (κ3) is 4.55. The van der Waals surface area contributed by atoms with Gasteiger partial charge < -0.3 is 15.7 Å². The van der Waals surface area contributed by atoms with E-state index in [0.29, 0.717) is 6.42 Å². The molecule has 1 aromatic rings. The Balaban J connectivity index is 3.07. The fraction of sp³-hybridized carbons (Fsp3) is 0.636. The number of nitrogens with zero attached hydrogens (tertiary/aromatic N) is 2. The molecule has 0 aliphatic rings. The Labute approximate surface area is 109 Å². The minimum Gasteiger partial charge on any atom is -0.396 e. The van der Waals surface area contributed by atoms with Gasteiger partial charge >= 0.3 is 6.18 Å². The molecule has 0 spiro atoms. The zero-order valence-electron chi connectivity index (χ0n) is 11.0. The van der Waals surface area contributed by atoms with Crippen LogP contribution < -0.4 is 10.6 Å². The lowest BCUT2D eigenvalue weighted by Crippen LogP contribution is -2.32. The van der Waals surface area contributed by atoms with E-state index in [1.807, 2.05) is 0 Å². The van der Waals surface area contributed by atoms with Crippen LogP contribution >= 0.6 is 0 Å². The van der Waals surface area contributed by atoms with Crippen LogP contribution in [0, 0.1) is 0 Å². The van der Waals surface area contributed by atoms with Crippen LogP contribution in [0.25, 0.3) is 0 Å². The molecule has 0 bridgehead atoms. The Kier molecular flexibility index (Phi) is 4.56. The highest BCUT2D eigenvalue weighted by Crippen LogP contribution is 2.29. The quantitative estimate of drug-likeness (QED) is 0.769. The number of nitrogens with one attached hydrogen (secondary N) is 2. The van der Waals surface area contributed by atoms with Gasteiger partial charge in [-0.2, -0.15) is 13.2 Å². The van der Waals surface area contributed by atoms with Crippen molar-refractivity contribution in [2.75, 3.05) is 24.3 Å². The van der Waals surface area contributed by atoms with E-state index < -0.39 is 17.5 Å². The summed E-state index contributed by atoms with van der Waals surface area (Å²) in [5.74, 6) is -1.07. The lowest BCUT2D eigenvalue weighted by atomic mass is 10.0. The molecule has 0 fully saturated rings. The van der Waals surface area contributed by atoms with Gasteiger partial charge in [-0.3, -0.25) is 0 Å². The first-order chi connectivity index (χ1) is 8.68. The maximum Gasteiger partial charge on any atom is 0.451 e. The third-order valence-electron chi connectivity index (χ3n) is 2.44. The first kappa shape index (κ1) is 15.5. The van der Waals surface area contributed by atoms with Gasteiger partial charge in [-0.1, -0.05) is 0 Å². The van der Waals surface area contributed by atoms with E-state index in [1.54, 1.807) is 13.8 Å². The molecule has 1 heterocycles. The van der Waals surface area contributed by atoms with Gasteiger partial charge in [-0.05, 0) is 20.3 Å². The lowest BCUT2D eigenvalue weighted by Gasteiger charge is -2.26. The number of hydrogen-bond acceptors (Lipinski definition) is 5. The zero-order chi connectivity index (χ0) is 14.7. The van der Waals surface area contributed by atoms with Crippen LogP contribution in [0.4, 0.5) is 24.8 Å². The van der Waals surface area contributed by atoms with Crippen molar-refractivity contribution in [3.63, 3.8) is 0 Å². The lowest BCUT2D eigenvalue weighted by molar-refractivity contribution is -0.144. The van der Waals surface area contributed by atoms with Crippen molar-refractivity contribution < 1.29 is 18.3 Å². The van der Waals surface area contributed by atoms with E-state index in [1.165, 1.54) is 13.1 Å². The van der Waals surface area contributed by atoms with Gasteiger partial charge in [0.15, 0.2) is 0 Å². The van der Waals surface area contributed by atoms with Gasteiger partial charge in [0, 0.05) is 25.3 Å². The summed E-state index contributed by atoms with van der Waals surface area (Å²) < 4.78 is 37.9. The molecule has 19 heavy (non-hydrogen) atoms. The fourth-order valence-electron chi connectivity index (χ4n) is 1.45. The third-order valence-corrected chi connectivity index (χ3v) is 2.44. The van der Waals surface area contributed by atoms with Gasteiger partial charge in [-0.15, -0.1) is 0 Å². The van der Waals surface area contributed by atoms with E-state index in [-0.39, 0.29) is 18.2 Å². The second kappa shape index (κ2) is 5.60. The molecular weight excluding hydrogens is 261 g/mol. The van der Waals surface area contributed by atoms with E-state index >= 15 is 0 Å². The maximum absolute atomic E-state index is 12.6. The highest BCUT2D eigenvalue weighted by molar-refractivity contribution is 5.48. The Bertz CT molecular complexity index is 434. The van der Waals surface area contributed by atoms with Gasteiger partial charge in [-0.25, -0.2) is 9.97 Å². The summed E-state index contributed by atoms with van der Waals surface area (Å²) in [6, 6.07) is 1.38. The van der Waals surface area contributed by atoms with E-state index in [4.69, 9.17) is 5.11 Å². The summed E-state index contributed by atoms with van der Waals surface area (Å²) >= 11 is 0. The van der Waals surface area contributed by atoms with Crippen LogP contribution in [0.2, 0.25) is 0 Å². The largest absolute Gasteiger partial charge is 0.451 e. The van der Waals surface area contributed by atoms with Crippen molar-refractivity contribution in [2.24, 2.45) is 0 Å². The van der Waals surface area contributed by atoms with Crippen LogP contribution in [-0.2, 0) is 6.18 Å². The Morgan fingerprint density at radius 1 is 1.21 bits per heavy atom. The molecule has 1 rings (SSSR count). The van der Waals surface area contributed by atoms with Crippen molar-refractivity contribution in [2.45, 2.75) is 32.0 Å². The summed E-state index contributed by atoms with van der Waals surface area (Å²) in [5, 5.41) is 14.3. The van der Waals surface area contributed by atoms with E-state index in [0.717, 1.165) is 0 Å². The molecule has 108 valence electrons. The Morgan fingerprint density at radius 3 is 2.26 bits per heavy atom. The summed E-state index contributed by atoms with van der Waals surface area (Å²) in [4.78, 5) is 6.81. The smallest absolute Gasteiger partial charge is 0.396 e. The van der Waals surface area contributed by atoms with Crippen LogP contribution in [0.15, 0.2) is 6.07 Å². The fourth-order valence-corrected chi connectivity index (χ4v) is 1.45. The molecule has 3 N–H and O–H groups in total. The summed E-state index contributed by atoms with van der Waals surface area (Å²) in [5.41, 5.74) is -0.572. The molecule has 0 radical (unpaired) electrons. The van der Waals surface area contributed by atoms with Crippen LogP contribution in [0.3, 0.4) is 0 Å². The standard InChI is InChI=1S/C11H17F3N4O/c1-10(2,4-5-19)18-8-6-7(15-3)16-9(17-8)11(12,13)14/h6,19H,4-5H2,1-3H3,(H2,15,16,17,18). The molecule has 0 aliphatic heterocycles. The van der Waals surface area contributed by atoms with E-state index in [9.17, 15) is 13.2 Å². The number of rotatable bonds is 5. The van der Waals surface area contributed by atoms with Crippen molar-refractivity contribution in [3.05, 3.63) is 11.9 Å². The van der Waals surface area contributed by atoms with Crippen molar-refractivity contribution in [1.29, 1.82) is 0 Å². The number of halogens is 3. The average Bonchev–Trinajstić information content (AvgIpc) is 2.26. The predicted octanol–water partition coefficient (Wildman–Crippen LogP) is 2.11. The van der Waals surface area contributed by atoms with Crippen LogP contribution in [0.1, 0.15) is 26.1 Å². The molecule has 0 aliphatic carbocycles. The number of aliphatic hydroxyl groups excluding tert-OH is 1. The van der Waals surface area contributed by atoms with Gasteiger partial charge in [0.05, 0.1) is 0 Å². The van der Waals surface area contributed by atoms with Gasteiger partial charge in [0.1, 0.15) is 11.6 Å². The Hall–Kier alpha value is -1.57. The van der Waals surface area contributed by atoms with Crippen molar-refractivity contribution in [1.82, 2.24) is 9.97 Å². The van der Waals surface area contributed by atoms with Gasteiger partial charge in [0.25, 0.3) is 0 Å². The minimum atomic E-state index is -4.61. The second-order valence-electron chi connectivity index (χ2n) is 4.69. The highest BCUT2D eigenvalue weighted by atomic mass is 19.4. The summed E-state index contributed by atoms with van der Waals surface area (Å²) in [6.45, 7) is 3.45. The summed E-state index contributed by atoms with van der Waals surface area (Å²) in [7, 11) is 1.48. The van der Waals surface area contributed by atoms with E-state index in [2.05, 4.69) is 20.6 Å². The number of alkyl halides is 3. The molecule has 8 heteroatoms. The van der Waals surface area contributed by atoms with Gasteiger partial charge in [0.2, 0.25) is 5.82 Å². The second-order valence-corrected chi connectivity index (χ2v) is 4.69. The molecule has 0 saturated heterocycles. The normalized spacial score (nSPS) is 12.4. The predicted molar refractivity (Wildman–Crippen MR) is 66.0 cm³/mol. The molecular formula is C11H17F3N4O. The number of anilines is 2. The first-order valence-electron chi connectivity index (χ1n) is 5.71. The zero-order valence-corrected chi connectivity index (χ0v) is 11.0. The number of aromatic nitrogens is 2. The monoisotopic (exact) mass is 278 g/mol. The maximum atomic E-state index is 12.6. The molecule has 0 atom stereocenters. The average molecular weight is 278 g/mol. The van der Waals surface area contributed by atoms with Crippen molar-refractivity contribution in [3.8, 4) is 0 Å². The van der Waals surface area contributed by atoms with Crippen molar-refractivity contribution >= 4 is 11.6 Å².